The van der Waals surface area contributed by atoms with E-state index < -0.39 is 0 Å². The summed E-state index contributed by atoms with van der Waals surface area (Å²) in [6, 6.07) is 18.8. The number of hydrogen-bond acceptors (Lipinski definition) is 6. The molecule has 3 heterocycles. The summed E-state index contributed by atoms with van der Waals surface area (Å²) in [6.07, 6.45) is 4.60. The maximum absolute atomic E-state index is 13.3. The van der Waals surface area contributed by atoms with Crippen LogP contribution in [-0.2, 0) is 13.0 Å². The van der Waals surface area contributed by atoms with Crippen molar-refractivity contribution in [1.29, 1.82) is 0 Å². The third-order valence-electron chi connectivity index (χ3n) is 7.10. The normalized spacial score (nSPS) is 16.1. The second-order valence-electron chi connectivity index (χ2n) is 9.26. The smallest absolute Gasteiger partial charge is 0.257 e. The van der Waals surface area contributed by atoms with Crippen LogP contribution in [0.2, 0.25) is 0 Å². The second kappa shape index (κ2) is 10.1. The molecule has 34 heavy (non-hydrogen) atoms. The van der Waals surface area contributed by atoms with Gasteiger partial charge in [0.2, 0.25) is 0 Å². The van der Waals surface area contributed by atoms with Crippen LogP contribution >= 0.6 is 11.7 Å². The highest BCUT2D eigenvalue weighted by atomic mass is 32.1. The van der Waals surface area contributed by atoms with E-state index in [0.717, 1.165) is 49.9 Å². The zero-order valence-electron chi connectivity index (χ0n) is 19.7. The van der Waals surface area contributed by atoms with Gasteiger partial charge in [-0.05, 0) is 74.5 Å². The molecule has 1 saturated heterocycles. The number of furan rings is 1. The van der Waals surface area contributed by atoms with Gasteiger partial charge in [-0.2, -0.15) is 8.75 Å². The molecule has 0 saturated carbocycles. The van der Waals surface area contributed by atoms with E-state index in [1.54, 1.807) is 12.3 Å². The number of hydrogen-bond donors (Lipinski definition) is 0. The minimum Gasteiger partial charge on any atom is -0.469 e. The summed E-state index contributed by atoms with van der Waals surface area (Å²) in [5.41, 5.74) is 5.16. The Bertz CT molecular complexity index is 1240. The first-order valence-corrected chi connectivity index (χ1v) is 12.6. The zero-order valence-corrected chi connectivity index (χ0v) is 20.5. The van der Waals surface area contributed by atoms with Crippen molar-refractivity contribution in [1.82, 2.24) is 18.5 Å². The first-order chi connectivity index (χ1) is 16.6. The molecule has 6 nitrogen and oxygen atoms in total. The van der Waals surface area contributed by atoms with Crippen LogP contribution in [0.25, 0.3) is 11.0 Å². The minimum absolute atomic E-state index is 0.0415. The number of carbonyl (C=O) groups excluding carboxylic acids is 1. The minimum atomic E-state index is 0.0415. The summed E-state index contributed by atoms with van der Waals surface area (Å²) in [6.45, 7) is 4.82. The van der Waals surface area contributed by atoms with E-state index in [4.69, 9.17) is 4.42 Å². The quantitative estimate of drug-likeness (QED) is 0.369. The Hall–Kier alpha value is -3.03. The van der Waals surface area contributed by atoms with E-state index in [1.807, 2.05) is 24.9 Å². The van der Waals surface area contributed by atoms with E-state index in [-0.39, 0.29) is 11.9 Å². The summed E-state index contributed by atoms with van der Waals surface area (Å²) < 4.78 is 14.1. The number of rotatable bonds is 7. The van der Waals surface area contributed by atoms with Crippen molar-refractivity contribution in [2.45, 2.75) is 38.8 Å². The van der Waals surface area contributed by atoms with Gasteiger partial charge in [-0.25, -0.2) is 0 Å². The number of amides is 1. The van der Waals surface area contributed by atoms with E-state index in [1.165, 1.54) is 22.9 Å². The Kier molecular flexibility index (Phi) is 6.74. The largest absolute Gasteiger partial charge is 0.469 e. The molecule has 2 aromatic carbocycles. The molecule has 4 aromatic rings. The van der Waals surface area contributed by atoms with Gasteiger partial charge in [-0.3, -0.25) is 9.69 Å². The predicted octanol–water partition coefficient (Wildman–Crippen LogP) is 5.19. The molecule has 0 aliphatic carbocycles. The first kappa shape index (κ1) is 22.7. The maximum atomic E-state index is 13.3. The van der Waals surface area contributed by atoms with Crippen LogP contribution in [0.15, 0.2) is 65.3 Å². The second-order valence-corrected chi connectivity index (χ2v) is 9.79. The number of aryl methyl sites for hydroxylation is 1. The van der Waals surface area contributed by atoms with Crippen LogP contribution in [0.5, 0.6) is 0 Å². The molecule has 0 bridgehead atoms. The predicted molar refractivity (Wildman–Crippen MR) is 135 cm³/mol. The van der Waals surface area contributed by atoms with Gasteiger partial charge < -0.3 is 9.32 Å². The first-order valence-electron chi connectivity index (χ1n) is 11.9. The molecular weight excluding hydrogens is 444 g/mol. The van der Waals surface area contributed by atoms with Gasteiger partial charge in [-0.1, -0.05) is 36.4 Å². The van der Waals surface area contributed by atoms with Gasteiger partial charge >= 0.3 is 0 Å². The summed E-state index contributed by atoms with van der Waals surface area (Å²) >= 11 is 1.26. The summed E-state index contributed by atoms with van der Waals surface area (Å²) in [7, 11) is 1.95. The molecule has 7 heteroatoms. The standard InChI is InChI=1S/C27H30N4O2S/c1-19-23(12-15-33-19)27(32)30(2)26(17-20-6-4-3-5-7-20)22-10-13-31(14-11-22)18-21-8-9-24-25(16-21)29-34-28-24/h3-9,12,15-16,22,26H,10-11,13-14,17-18H2,1-2H3/t26-/m1/s1. The molecule has 176 valence electrons. The van der Waals surface area contributed by atoms with Crippen LogP contribution in [0.3, 0.4) is 0 Å². The number of aromatic nitrogens is 2. The highest BCUT2D eigenvalue weighted by Gasteiger charge is 2.32. The Balaban J connectivity index is 1.28. The van der Waals surface area contributed by atoms with Crippen molar-refractivity contribution < 1.29 is 9.21 Å². The van der Waals surface area contributed by atoms with Crippen LogP contribution in [0.4, 0.5) is 0 Å². The summed E-state index contributed by atoms with van der Waals surface area (Å²) in [5.74, 6) is 1.17. The molecule has 0 N–H and O–H groups in total. The maximum Gasteiger partial charge on any atom is 0.257 e. The van der Waals surface area contributed by atoms with Crippen molar-refractivity contribution in [3.05, 3.63) is 83.3 Å². The van der Waals surface area contributed by atoms with Crippen molar-refractivity contribution >= 4 is 28.7 Å². The highest BCUT2D eigenvalue weighted by Crippen LogP contribution is 2.29. The SMILES string of the molecule is Cc1occc1C(=O)N(C)[C@H](Cc1ccccc1)C1CCN(Cc2ccc3nsnc3c2)CC1. The lowest BCUT2D eigenvalue weighted by Gasteiger charge is -2.40. The Labute approximate surface area is 204 Å². The van der Waals surface area contributed by atoms with Gasteiger partial charge in [0.05, 0.1) is 23.6 Å². The van der Waals surface area contributed by atoms with Crippen LogP contribution in [-0.4, -0.2) is 50.6 Å². The van der Waals surface area contributed by atoms with Crippen LogP contribution in [0, 0.1) is 12.8 Å². The number of benzene rings is 2. The highest BCUT2D eigenvalue weighted by molar-refractivity contribution is 7.00. The van der Waals surface area contributed by atoms with Crippen LogP contribution in [0.1, 0.15) is 40.1 Å². The molecule has 0 unspecified atom stereocenters. The van der Waals surface area contributed by atoms with Gasteiger partial charge in [0.1, 0.15) is 16.8 Å². The average molecular weight is 475 g/mol. The molecule has 1 fully saturated rings. The molecular formula is C27H30N4O2S. The van der Waals surface area contributed by atoms with Crippen molar-refractivity contribution in [3.8, 4) is 0 Å². The lowest BCUT2D eigenvalue weighted by atomic mass is 9.84. The number of carbonyl (C=O) groups is 1. The summed E-state index contributed by atoms with van der Waals surface area (Å²) in [5, 5.41) is 0. The van der Waals surface area contributed by atoms with E-state index >= 15 is 0 Å². The van der Waals surface area contributed by atoms with Crippen molar-refractivity contribution in [3.63, 3.8) is 0 Å². The van der Waals surface area contributed by atoms with Crippen molar-refractivity contribution in [2.75, 3.05) is 20.1 Å². The number of nitrogens with zero attached hydrogens (tertiary/aromatic N) is 4. The lowest BCUT2D eigenvalue weighted by molar-refractivity contribution is 0.0583. The Morgan fingerprint density at radius 2 is 1.85 bits per heavy atom. The Morgan fingerprint density at radius 3 is 2.59 bits per heavy atom. The van der Waals surface area contributed by atoms with Gasteiger partial charge in [0, 0.05) is 19.6 Å². The van der Waals surface area contributed by atoms with Crippen LogP contribution < -0.4 is 0 Å². The van der Waals surface area contributed by atoms with E-state index in [2.05, 4.69) is 56.1 Å². The molecule has 2 aromatic heterocycles. The zero-order chi connectivity index (χ0) is 23.5. The van der Waals surface area contributed by atoms with E-state index in [9.17, 15) is 4.79 Å². The van der Waals surface area contributed by atoms with Gasteiger partial charge in [0.15, 0.2) is 0 Å². The number of fused-ring (bicyclic) bond motifs is 1. The third kappa shape index (κ3) is 4.91. The number of piperidine rings is 1. The topological polar surface area (TPSA) is 62.5 Å². The molecule has 5 rings (SSSR count). The van der Waals surface area contributed by atoms with Crippen molar-refractivity contribution in [2.24, 2.45) is 5.92 Å². The molecule has 1 aliphatic heterocycles. The number of likely N-dealkylation sites (tertiary alicyclic amines) is 1. The number of likely N-dealkylation sites (N-methyl/N-ethyl adjacent to an activating group) is 1. The molecule has 1 atom stereocenters. The molecule has 0 radical (unpaired) electrons. The monoisotopic (exact) mass is 474 g/mol. The fraction of sp³-hybridized carbons (Fsp3) is 0.370. The fourth-order valence-corrected chi connectivity index (χ4v) is 5.62. The summed E-state index contributed by atoms with van der Waals surface area (Å²) in [4.78, 5) is 17.8. The Morgan fingerprint density at radius 1 is 1.09 bits per heavy atom. The van der Waals surface area contributed by atoms with E-state index in [0.29, 0.717) is 17.2 Å². The third-order valence-corrected chi connectivity index (χ3v) is 7.65. The average Bonchev–Trinajstić information content (AvgIpc) is 3.51. The lowest BCUT2D eigenvalue weighted by Crippen LogP contribution is -2.47. The molecule has 0 spiro atoms. The van der Waals surface area contributed by atoms with Gasteiger partial charge in [0.25, 0.3) is 5.91 Å². The fourth-order valence-electron chi connectivity index (χ4n) is 5.10. The molecule has 1 aliphatic rings. The van der Waals surface area contributed by atoms with Gasteiger partial charge in [-0.15, -0.1) is 0 Å². The molecule has 1 amide bonds.